The predicted octanol–water partition coefficient (Wildman–Crippen LogP) is 4.39. The van der Waals surface area contributed by atoms with Crippen LogP contribution in [-0.4, -0.2) is 16.9 Å². The Hall–Kier alpha value is -2.28. The van der Waals surface area contributed by atoms with Gasteiger partial charge in [0.1, 0.15) is 0 Å². The van der Waals surface area contributed by atoms with E-state index in [-0.39, 0.29) is 22.7 Å². The van der Waals surface area contributed by atoms with E-state index in [4.69, 9.17) is 11.6 Å². The molecule has 1 aliphatic carbocycles. The summed E-state index contributed by atoms with van der Waals surface area (Å²) in [6.45, 7) is 0. The number of anilines is 2. The second-order valence-corrected chi connectivity index (χ2v) is 5.93. The van der Waals surface area contributed by atoms with Crippen molar-refractivity contribution in [3.05, 3.63) is 52.8 Å². The number of amides is 1. The highest BCUT2D eigenvalue weighted by atomic mass is 35.5. The van der Waals surface area contributed by atoms with Crippen molar-refractivity contribution in [1.29, 1.82) is 0 Å². The number of carbonyl (C=O) groups excluding carboxylic acids is 1. The normalized spacial score (nSPS) is 14.3. The summed E-state index contributed by atoms with van der Waals surface area (Å²) >= 11 is 5.59. The van der Waals surface area contributed by atoms with E-state index < -0.39 is 11.7 Å². The molecule has 0 unspecified atom stereocenters. The monoisotopic (exact) mass is 355 g/mol. The minimum absolute atomic E-state index is 0.202. The number of alkyl halides is 3. The zero-order valence-corrected chi connectivity index (χ0v) is 13.1. The van der Waals surface area contributed by atoms with Crippen LogP contribution >= 0.6 is 11.6 Å². The molecule has 1 aliphatic rings. The average Bonchev–Trinajstić information content (AvgIpc) is 3.32. The molecule has 2 aromatic rings. The first-order valence-corrected chi connectivity index (χ1v) is 7.60. The minimum Gasteiger partial charge on any atom is -0.354 e. The van der Waals surface area contributed by atoms with Crippen LogP contribution in [0.4, 0.5) is 24.5 Å². The molecule has 0 saturated heterocycles. The van der Waals surface area contributed by atoms with Crippen LogP contribution in [0.2, 0.25) is 5.02 Å². The Morgan fingerprint density at radius 1 is 1.17 bits per heavy atom. The number of benzene rings is 1. The quantitative estimate of drug-likeness (QED) is 0.855. The molecule has 4 nitrogen and oxygen atoms in total. The van der Waals surface area contributed by atoms with Crippen LogP contribution in [0.25, 0.3) is 0 Å². The summed E-state index contributed by atoms with van der Waals surface area (Å²) in [6.07, 6.45) is 0.213. The molecule has 0 atom stereocenters. The fourth-order valence-electron chi connectivity index (χ4n) is 2.12. The van der Waals surface area contributed by atoms with Crippen molar-refractivity contribution < 1.29 is 18.0 Å². The van der Waals surface area contributed by atoms with Crippen molar-refractivity contribution in [3.8, 4) is 0 Å². The van der Waals surface area contributed by atoms with Gasteiger partial charge in [0.2, 0.25) is 0 Å². The van der Waals surface area contributed by atoms with Gasteiger partial charge in [-0.25, -0.2) is 0 Å². The first kappa shape index (κ1) is 16.6. The van der Waals surface area contributed by atoms with Gasteiger partial charge < -0.3 is 10.6 Å². The summed E-state index contributed by atoms with van der Waals surface area (Å²) in [7, 11) is 0. The van der Waals surface area contributed by atoms with Crippen molar-refractivity contribution in [2.45, 2.75) is 25.1 Å². The number of nitrogens with zero attached hydrogens (tertiary/aromatic N) is 1. The Morgan fingerprint density at radius 3 is 2.58 bits per heavy atom. The molecule has 1 fully saturated rings. The van der Waals surface area contributed by atoms with Gasteiger partial charge in [0.25, 0.3) is 5.91 Å². The maximum atomic E-state index is 12.9. The lowest BCUT2D eigenvalue weighted by molar-refractivity contribution is -0.137. The lowest BCUT2D eigenvalue weighted by Gasteiger charge is -2.12. The summed E-state index contributed by atoms with van der Waals surface area (Å²) in [5, 5.41) is 5.26. The van der Waals surface area contributed by atoms with Crippen molar-refractivity contribution in [2.24, 2.45) is 0 Å². The smallest absolute Gasteiger partial charge is 0.354 e. The summed E-state index contributed by atoms with van der Waals surface area (Å²) in [5.41, 5.74) is 0.0313. The van der Waals surface area contributed by atoms with Crippen molar-refractivity contribution in [2.75, 3.05) is 5.32 Å². The van der Waals surface area contributed by atoms with Gasteiger partial charge in [-0.2, -0.15) is 13.2 Å². The third-order valence-corrected chi connectivity index (χ3v) is 3.80. The fourth-order valence-corrected chi connectivity index (χ4v) is 2.34. The molecule has 1 aromatic carbocycles. The van der Waals surface area contributed by atoms with Crippen LogP contribution in [0.1, 0.15) is 28.8 Å². The van der Waals surface area contributed by atoms with Crippen LogP contribution in [-0.2, 0) is 6.18 Å². The van der Waals surface area contributed by atoms with Gasteiger partial charge in [-0.05, 0) is 37.1 Å². The molecule has 0 spiro atoms. The summed E-state index contributed by atoms with van der Waals surface area (Å²) in [5.74, 6) is -0.249. The molecule has 24 heavy (non-hydrogen) atoms. The number of hydrogen-bond acceptors (Lipinski definition) is 3. The number of hydrogen-bond donors (Lipinski definition) is 2. The lowest BCUT2D eigenvalue weighted by Crippen LogP contribution is -2.25. The maximum Gasteiger partial charge on any atom is 0.417 e. The number of pyridine rings is 1. The van der Waals surface area contributed by atoms with Gasteiger partial charge >= 0.3 is 6.18 Å². The molecular formula is C16H13ClF3N3O. The Labute approximate surface area is 141 Å². The van der Waals surface area contributed by atoms with Gasteiger partial charge in [-0.3, -0.25) is 9.78 Å². The zero-order valence-electron chi connectivity index (χ0n) is 12.3. The van der Waals surface area contributed by atoms with Gasteiger partial charge in [-0.1, -0.05) is 11.6 Å². The van der Waals surface area contributed by atoms with E-state index in [0.717, 1.165) is 18.9 Å². The van der Waals surface area contributed by atoms with E-state index in [1.165, 1.54) is 30.6 Å². The Balaban J connectivity index is 1.79. The Bertz CT molecular complexity index is 775. The highest BCUT2D eigenvalue weighted by molar-refractivity contribution is 6.31. The van der Waals surface area contributed by atoms with Gasteiger partial charge in [0.15, 0.2) is 0 Å². The molecule has 3 rings (SSSR count). The maximum absolute atomic E-state index is 12.9. The molecule has 1 aromatic heterocycles. The van der Waals surface area contributed by atoms with E-state index in [9.17, 15) is 18.0 Å². The molecule has 2 N–H and O–H groups in total. The Kier molecular flexibility index (Phi) is 4.36. The van der Waals surface area contributed by atoms with E-state index in [2.05, 4.69) is 15.6 Å². The summed E-state index contributed by atoms with van der Waals surface area (Å²) in [4.78, 5) is 15.9. The highest BCUT2D eigenvalue weighted by Crippen LogP contribution is 2.36. The standard InChI is InChI=1S/C16H13ClF3N3O/c17-14-4-3-11(6-13(14)16(18,19)20)22-12-5-9(7-21-8-12)15(24)23-10-1-2-10/h3-8,10,22H,1-2H2,(H,23,24). The van der Waals surface area contributed by atoms with E-state index in [0.29, 0.717) is 11.3 Å². The van der Waals surface area contributed by atoms with Crippen LogP contribution in [0.5, 0.6) is 0 Å². The van der Waals surface area contributed by atoms with Gasteiger partial charge in [0.05, 0.1) is 28.0 Å². The second kappa shape index (κ2) is 6.32. The average molecular weight is 356 g/mol. The van der Waals surface area contributed by atoms with Crippen LogP contribution in [0.15, 0.2) is 36.7 Å². The van der Waals surface area contributed by atoms with Crippen LogP contribution in [0.3, 0.4) is 0 Å². The van der Waals surface area contributed by atoms with E-state index >= 15 is 0 Å². The van der Waals surface area contributed by atoms with Crippen LogP contribution < -0.4 is 10.6 Å². The highest BCUT2D eigenvalue weighted by Gasteiger charge is 2.33. The third kappa shape index (κ3) is 3.97. The van der Waals surface area contributed by atoms with Gasteiger partial charge in [0, 0.05) is 17.9 Å². The first-order valence-electron chi connectivity index (χ1n) is 7.22. The number of nitrogens with one attached hydrogen (secondary N) is 2. The first-order chi connectivity index (χ1) is 11.3. The summed E-state index contributed by atoms with van der Waals surface area (Å²) < 4.78 is 38.7. The molecule has 0 bridgehead atoms. The molecule has 1 amide bonds. The molecule has 8 heteroatoms. The number of carbonyl (C=O) groups is 1. The number of rotatable bonds is 4. The predicted molar refractivity (Wildman–Crippen MR) is 84.5 cm³/mol. The topological polar surface area (TPSA) is 54.0 Å². The SMILES string of the molecule is O=C(NC1CC1)c1cncc(Nc2ccc(Cl)c(C(F)(F)F)c2)c1. The lowest BCUT2D eigenvalue weighted by atomic mass is 10.2. The van der Waals surface area contributed by atoms with Crippen molar-refractivity contribution in [3.63, 3.8) is 0 Å². The van der Waals surface area contributed by atoms with Gasteiger partial charge in [-0.15, -0.1) is 0 Å². The molecule has 1 saturated carbocycles. The van der Waals surface area contributed by atoms with E-state index in [1.54, 1.807) is 0 Å². The van der Waals surface area contributed by atoms with Crippen molar-refractivity contribution in [1.82, 2.24) is 10.3 Å². The third-order valence-electron chi connectivity index (χ3n) is 3.47. The summed E-state index contributed by atoms with van der Waals surface area (Å²) in [6, 6.07) is 5.25. The van der Waals surface area contributed by atoms with Crippen LogP contribution in [0, 0.1) is 0 Å². The zero-order chi connectivity index (χ0) is 17.3. The second-order valence-electron chi connectivity index (χ2n) is 5.53. The molecular weight excluding hydrogens is 343 g/mol. The minimum atomic E-state index is -4.54. The molecule has 0 radical (unpaired) electrons. The molecule has 0 aliphatic heterocycles. The fraction of sp³-hybridized carbons (Fsp3) is 0.250. The molecule has 126 valence electrons. The largest absolute Gasteiger partial charge is 0.417 e. The van der Waals surface area contributed by atoms with Crippen molar-refractivity contribution >= 4 is 28.9 Å². The molecule has 1 heterocycles. The number of aromatic nitrogens is 1. The van der Waals surface area contributed by atoms with E-state index in [1.807, 2.05) is 0 Å². The number of halogens is 4. The Morgan fingerprint density at radius 2 is 1.92 bits per heavy atom.